The van der Waals surface area contributed by atoms with Crippen LogP contribution in [0, 0.1) is 0 Å². The van der Waals surface area contributed by atoms with Crippen molar-refractivity contribution in [3.8, 4) is 0 Å². The maximum atomic E-state index is 12.4. The predicted octanol–water partition coefficient (Wildman–Crippen LogP) is 1.06. The number of morpholine rings is 1. The Morgan fingerprint density at radius 2 is 1.70 bits per heavy atom. The lowest BCUT2D eigenvalue weighted by Crippen LogP contribution is -2.41. The van der Waals surface area contributed by atoms with Crippen molar-refractivity contribution in [2.75, 3.05) is 52.5 Å². The van der Waals surface area contributed by atoms with Crippen LogP contribution in [-0.2, 0) is 20.5 Å². The van der Waals surface area contributed by atoms with Gasteiger partial charge >= 0.3 is 0 Å². The molecular formula is C19H29N3O4S. The summed E-state index contributed by atoms with van der Waals surface area (Å²) in [5, 5.41) is 2.94. The van der Waals surface area contributed by atoms with Crippen molar-refractivity contribution in [1.82, 2.24) is 14.5 Å². The molecule has 0 spiro atoms. The summed E-state index contributed by atoms with van der Waals surface area (Å²) >= 11 is 0. The Morgan fingerprint density at radius 3 is 2.37 bits per heavy atom. The van der Waals surface area contributed by atoms with E-state index in [1.165, 1.54) is 30.2 Å². The highest BCUT2D eigenvalue weighted by atomic mass is 32.2. The van der Waals surface area contributed by atoms with Crippen molar-refractivity contribution in [3.63, 3.8) is 0 Å². The maximum absolute atomic E-state index is 12.4. The molecule has 0 bridgehead atoms. The summed E-state index contributed by atoms with van der Waals surface area (Å²) in [5.74, 6) is -0.163. The van der Waals surface area contributed by atoms with Gasteiger partial charge in [0.15, 0.2) is 0 Å². The number of rotatable bonds is 8. The van der Waals surface area contributed by atoms with Gasteiger partial charge < -0.3 is 15.0 Å². The third-order valence-corrected chi connectivity index (χ3v) is 6.91. The van der Waals surface area contributed by atoms with E-state index in [1.54, 1.807) is 24.3 Å². The Kier molecular flexibility index (Phi) is 7.23. The summed E-state index contributed by atoms with van der Waals surface area (Å²) in [6, 6.07) is 6.83. The van der Waals surface area contributed by atoms with Crippen molar-refractivity contribution >= 4 is 15.9 Å². The topological polar surface area (TPSA) is 79.0 Å². The predicted molar refractivity (Wildman–Crippen MR) is 104 cm³/mol. The third-order valence-electron chi connectivity index (χ3n) is 5.06. The minimum absolute atomic E-state index is 0.0509. The number of nitrogens with zero attached hydrogens (tertiary/aromatic N) is 2. The highest BCUT2D eigenvalue weighted by Gasteiger charge is 2.24. The lowest BCUT2D eigenvalue weighted by Gasteiger charge is -2.26. The number of benzene rings is 1. The first-order valence-electron chi connectivity index (χ1n) is 9.70. The molecule has 0 aromatic heterocycles. The molecule has 2 heterocycles. The SMILES string of the molecule is O=C(NCCCN1CCCC1)c1ccc(CS(=O)(=O)N2CCOCC2)cc1. The molecule has 8 heteroatoms. The van der Waals surface area contributed by atoms with Crippen LogP contribution in [0.2, 0.25) is 0 Å². The summed E-state index contributed by atoms with van der Waals surface area (Å²) in [4.78, 5) is 14.6. The van der Waals surface area contributed by atoms with Crippen LogP contribution in [0.4, 0.5) is 0 Å². The van der Waals surface area contributed by atoms with Gasteiger partial charge in [0.2, 0.25) is 10.0 Å². The van der Waals surface area contributed by atoms with Gasteiger partial charge in [-0.15, -0.1) is 0 Å². The highest BCUT2D eigenvalue weighted by Crippen LogP contribution is 2.14. The molecule has 2 fully saturated rings. The summed E-state index contributed by atoms with van der Waals surface area (Å²) < 4.78 is 31.6. The summed E-state index contributed by atoms with van der Waals surface area (Å²) in [7, 11) is -3.35. The number of hydrogen-bond acceptors (Lipinski definition) is 5. The van der Waals surface area contributed by atoms with Crippen molar-refractivity contribution in [2.24, 2.45) is 0 Å². The molecule has 1 aromatic rings. The number of ether oxygens (including phenoxy) is 1. The van der Waals surface area contributed by atoms with Gasteiger partial charge in [-0.1, -0.05) is 12.1 Å². The molecule has 1 aromatic carbocycles. The second-order valence-corrected chi connectivity index (χ2v) is 9.09. The van der Waals surface area contributed by atoms with E-state index in [0.717, 1.165) is 13.0 Å². The fraction of sp³-hybridized carbons (Fsp3) is 0.632. The van der Waals surface area contributed by atoms with E-state index in [2.05, 4.69) is 10.2 Å². The zero-order valence-electron chi connectivity index (χ0n) is 15.7. The molecule has 0 atom stereocenters. The smallest absolute Gasteiger partial charge is 0.251 e. The summed E-state index contributed by atoms with van der Waals surface area (Å²) in [5.41, 5.74) is 1.25. The maximum Gasteiger partial charge on any atom is 0.251 e. The van der Waals surface area contributed by atoms with E-state index in [1.807, 2.05) is 0 Å². The number of amides is 1. The van der Waals surface area contributed by atoms with E-state index in [9.17, 15) is 13.2 Å². The normalized spacial score (nSPS) is 19.3. The molecular weight excluding hydrogens is 366 g/mol. The minimum atomic E-state index is -3.35. The van der Waals surface area contributed by atoms with Gasteiger partial charge in [-0.25, -0.2) is 8.42 Å². The molecule has 0 saturated carbocycles. The molecule has 0 radical (unpaired) electrons. The van der Waals surface area contributed by atoms with Crippen molar-refractivity contribution in [3.05, 3.63) is 35.4 Å². The Morgan fingerprint density at radius 1 is 1.04 bits per heavy atom. The fourth-order valence-electron chi connectivity index (χ4n) is 3.49. The quantitative estimate of drug-likeness (QED) is 0.666. The number of carbonyl (C=O) groups excluding carboxylic acids is 1. The van der Waals surface area contributed by atoms with Gasteiger partial charge in [0.25, 0.3) is 5.91 Å². The van der Waals surface area contributed by atoms with Crippen molar-refractivity contribution in [1.29, 1.82) is 0 Å². The van der Waals surface area contributed by atoms with E-state index in [-0.39, 0.29) is 11.7 Å². The minimum Gasteiger partial charge on any atom is -0.379 e. The van der Waals surface area contributed by atoms with Crippen molar-refractivity contribution < 1.29 is 17.9 Å². The summed E-state index contributed by atoms with van der Waals surface area (Å²) in [6.07, 6.45) is 3.50. The largest absolute Gasteiger partial charge is 0.379 e. The first-order valence-corrected chi connectivity index (χ1v) is 11.3. The Bertz CT molecular complexity index is 709. The molecule has 1 amide bonds. The Labute approximate surface area is 161 Å². The molecule has 1 N–H and O–H groups in total. The van der Waals surface area contributed by atoms with Gasteiger partial charge in [-0.2, -0.15) is 4.31 Å². The van der Waals surface area contributed by atoms with Gasteiger partial charge in [-0.05, 0) is 56.6 Å². The molecule has 2 aliphatic heterocycles. The fourth-order valence-corrected chi connectivity index (χ4v) is 4.99. The van der Waals surface area contributed by atoms with Crippen LogP contribution in [-0.4, -0.2) is 76.0 Å². The average molecular weight is 396 g/mol. The lowest BCUT2D eigenvalue weighted by atomic mass is 10.1. The van der Waals surface area contributed by atoms with Crippen molar-refractivity contribution in [2.45, 2.75) is 25.0 Å². The van der Waals surface area contributed by atoms with Crippen LogP contribution in [0.1, 0.15) is 35.2 Å². The molecule has 0 unspecified atom stereocenters. The summed E-state index contributed by atoms with van der Waals surface area (Å²) in [6.45, 7) is 5.71. The van der Waals surface area contributed by atoms with Crippen LogP contribution >= 0.6 is 0 Å². The first kappa shape index (κ1) is 20.3. The van der Waals surface area contributed by atoms with E-state index in [4.69, 9.17) is 4.74 Å². The molecule has 0 aliphatic carbocycles. The van der Waals surface area contributed by atoms with E-state index < -0.39 is 10.0 Å². The zero-order chi connectivity index (χ0) is 19.1. The van der Waals surface area contributed by atoms with Gasteiger partial charge in [0.05, 0.1) is 19.0 Å². The number of hydrogen-bond donors (Lipinski definition) is 1. The second kappa shape index (κ2) is 9.64. The van der Waals surface area contributed by atoms with Crippen LogP contribution < -0.4 is 5.32 Å². The van der Waals surface area contributed by atoms with E-state index >= 15 is 0 Å². The Hall–Kier alpha value is -1.48. The van der Waals surface area contributed by atoms with Crippen LogP contribution in [0.15, 0.2) is 24.3 Å². The first-order chi connectivity index (χ1) is 13.0. The number of sulfonamides is 1. The molecule has 3 rings (SSSR count). The van der Waals surface area contributed by atoms with Crippen LogP contribution in [0.25, 0.3) is 0 Å². The third kappa shape index (κ3) is 6.00. The van der Waals surface area contributed by atoms with Gasteiger partial charge in [0.1, 0.15) is 0 Å². The monoisotopic (exact) mass is 395 g/mol. The molecule has 7 nitrogen and oxygen atoms in total. The molecule has 2 saturated heterocycles. The molecule has 2 aliphatic rings. The van der Waals surface area contributed by atoms with Gasteiger partial charge in [-0.3, -0.25) is 4.79 Å². The van der Waals surface area contributed by atoms with E-state index in [0.29, 0.717) is 44.0 Å². The number of carbonyl (C=O) groups is 1. The average Bonchev–Trinajstić information content (AvgIpc) is 3.20. The Balaban J connectivity index is 1.45. The zero-order valence-corrected chi connectivity index (χ0v) is 16.5. The standard InChI is InChI=1S/C19H29N3O4S/c23-19(20-8-3-11-21-9-1-2-10-21)18-6-4-17(5-7-18)16-27(24,25)22-12-14-26-15-13-22/h4-7H,1-3,8-16H2,(H,20,23). The lowest BCUT2D eigenvalue weighted by molar-refractivity contribution is 0.0729. The number of likely N-dealkylation sites (tertiary alicyclic amines) is 1. The second-order valence-electron chi connectivity index (χ2n) is 7.12. The van der Waals surface area contributed by atoms with Crippen LogP contribution in [0.5, 0.6) is 0 Å². The molecule has 150 valence electrons. The number of nitrogens with one attached hydrogen (secondary N) is 1. The highest BCUT2D eigenvalue weighted by molar-refractivity contribution is 7.88. The van der Waals surface area contributed by atoms with Gasteiger partial charge in [0, 0.05) is 25.2 Å². The molecule has 27 heavy (non-hydrogen) atoms. The van der Waals surface area contributed by atoms with Crippen LogP contribution in [0.3, 0.4) is 0 Å².